The standard InChI is InChI=1S/C14H11N3O3/c18-13(19)12(10-3-1-2-6-15-10)8-4-5-9-11(7-8)17-14(20)16-9/h1-7,12H,(H,18,19)(H2,16,17,20). The summed E-state index contributed by atoms with van der Waals surface area (Å²) in [5.74, 6) is -1.85. The largest absolute Gasteiger partial charge is 0.480 e. The number of aromatic nitrogens is 3. The van der Waals surface area contributed by atoms with E-state index >= 15 is 0 Å². The fourth-order valence-corrected chi connectivity index (χ4v) is 2.22. The summed E-state index contributed by atoms with van der Waals surface area (Å²) in [6.45, 7) is 0. The van der Waals surface area contributed by atoms with Crippen LogP contribution in [0.4, 0.5) is 0 Å². The summed E-state index contributed by atoms with van der Waals surface area (Å²) in [6, 6.07) is 10.2. The van der Waals surface area contributed by atoms with E-state index in [4.69, 9.17) is 0 Å². The maximum atomic E-state index is 11.5. The van der Waals surface area contributed by atoms with Crippen LogP contribution in [-0.2, 0) is 4.79 Å². The lowest BCUT2D eigenvalue weighted by molar-refractivity contribution is -0.137. The van der Waals surface area contributed by atoms with Crippen molar-refractivity contribution in [2.24, 2.45) is 0 Å². The van der Waals surface area contributed by atoms with Crippen molar-refractivity contribution in [3.63, 3.8) is 0 Å². The number of carboxylic acid groups (broad SMARTS) is 1. The van der Waals surface area contributed by atoms with Gasteiger partial charge in [-0.2, -0.15) is 0 Å². The molecule has 6 heteroatoms. The van der Waals surface area contributed by atoms with Crippen molar-refractivity contribution in [2.45, 2.75) is 5.92 Å². The summed E-state index contributed by atoms with van der Waals surface area (Å²) in [6.07, 6.45) is 1.56. The van der Waals surface area contributed by atoms with E-state index in [0.717, 1.165) is 0 Å². The summed E-state index contributed by atoms with van der Waals surface area (Å²) < 4.78 is 0. The predicted molar refractivity (Wildman–Crippen MR) is 72.6 cm³/mol. The molecule has 6 nitrogen and oxygen atoms in total. The van der Waals surface area contributed by atoms with Gasteiger partial charge in [0, 0.05) is 6.20 Å². The number of aromatic amines is 2. The van der Waals surface area contributed by atoms with Gasteiger partial charge in [0.15, 0.2) is 0 Å². The van der Waals surface area contributed by atoms with Crippen molar-refractivity contribution in [2.75, 3.05) is 0 Å². The van der Waals surface area contributed by atoms with E-state index in [1.54, 1.807) is 42.6 Å². The Kier molecular flexibility index (Phi) is 2.83. The highest BCUT2D eigenvalue weighted by molar-refractivity contribution is 5.83. The Labute approximate surface area is 113 Å². The highest BCUT2D eigenvalue weighted by atomic mass is 16.4. The molecule has 3 N–H and O–H groups in total. The number of fused-ring (bicyclic) bond motifs is 1. The molecule has 0 spiro atoms. The van der Waals surface area contributed by atoms with Crippen LogP contribution in [-0.4, -0.2) is 26.0 Å². The van der Waals surface area contributed by atoms with Gasteiger partial charge < -0.3 is 15.1 Å². The van der Waals surface area contributed by atoms with Gasteiger partial charge >= 0.3 is 11.7 Å². The average molecular weight is 269 g/mol. The molecule has 0 saturated heterocycles. The van der Waals surface area contributed by atoms with Gasteiger partial charge in [0.1, 0.15) is 5.92 Å². The molecule has 1 atom stereocenters. The molecule has 3 rings (SSSR count). The van der Waals surface area contributed by atoms with Crippen LogP contribution in [0, 0.1) is 0 Å². The molecule has 0 amide bonds. The zero-order chi connectivity index (χ0) is 14.1. The van der Waals surface area contributed by atoms with Crippen LogP contribution in [0.5, 0.6) is 0 Å². The molecular formula is C14H11N3O3. The number of imidazole rings is 1. The van der Waals surface area contributed by atoms with Gasteiger partial charge in [-0.25, -0.2) is 4.79 Å². The Balaban J connectivity index is 2.14. The Hall–Kier alpha value is -2.89. The summed E-state index contributed by atoms with van der Waals surface area (Å²) in [7, 11) is 0. The summed E-state index contributed by atoms with van der Waals surface area (Å²) in [5, 5.41) is 9.44. The number of carbonyl (C=O) groups is 1. The van der Waals surface area contributed by atoms with Gasteiger partial charge in [-0.1, -0.05) is 12.1 Å². The van der Waals surface area contributed by atoms with Gasteiger partial charge in [0.25, 0.3) is 0 Å². The van der Waals surface area contributed by atoms with Crippen molar-refractivity contribution in [3.05, 3.63) is 64.3 Å². The molecule has 1 unspecified atom stereocenters. The first kappa shape index (κ1) is 12.2. The van der Waals surface area contributed by atoms with Crippen LogP contribution in [0.2, 0.25) is 0 Å². The molecule has 0 aliphatic heterocycles. The van der Waals surface area contributed by atoms with Crippen LogP contribution in [0.25, 0.3) is 11.0 Å². The number of carboxylic acids is 1. The third-order valence-corrected chi connectivity index (χ3v) is 3.10. The number of rotatable bonds is 3. The number of hydrogen-bond donors (Lipinski definition) is 3. The zero-order valence-electron chi connectivity index (χ0n) is 10.3. The van der Waals surface area contributed by atoms with Crippen molar-refractivity contribution < 1.29 is 9.90 Å². The molecule has 0 bridgehead atoms. The normalized spacial score (nSPS) is 12.4. The van der Waals surface area contributed by atoms with Crippen molar-refractivity contribution in [3.8, 4) is 0 Å². The van der Waals surface area contributed by atoms with Crippen molar-refractivity contribution in [1.82, 2.24) is 15.0 Å². The molecular weight excluding hydrogens is 258 g/mol. The van der Waals surface area contributed by atoms with E-state index in [1.807, 2.05) is 0 Å². The fraction of sp³-hybridized carbons (Fsp3) is 0.0714. The predicted octanol–water partition coefficient (Wildman–Crippen LogP) is 1.47. The molecule has 1 aromatic carbocycles. The van der Waals surface area contributed by atoms with Crippen LogP contribution in [0.1, 0.15) is 17.2 Å². The third kappa shape index (κ3) is 2.07. The number of benzene rings is 1. The fourth-order valence-electron chi connectivity index (χ4n) is 2.22. The first-order valence-corrected chi connectivity index (χ1v) is 6.01. The van der Waals surface area contributed by atoms with Gasteiger partial charge in [-0.05, 0) is 29.8 Å². The number of pyridine rings is 1. The molecule has 0 radical (unpaired) electrons. The first-order chi connectivity index (χ1) is 9.65. The lowest BCUT2D eigenvalue weighted by Crippen LogP contribution is -2.14. The molecule has 2 heterocycles. The second kappa shape index (κ2) is 4.65. The van der Waals surface area contributed by atoms with E-state index in [2.05, 4.69) is 15.0 Å². The second-order valence-corrected chi connectivity index (χ2v) is 4.41. The molecule has 0 aliphatic rings. The highest BCUT2D eigenvalue weighted by Crippen LogP contribution is 2.25. The average Bonchev–Trinajstić information content (AvgIpc) is 2.79. The minimum absolute atomic E-state index is 0.318. The van der Waals surface area contributed by atoms with Gasteiger partial charge in [0.2, 0.25) is 0 Å². The second-order valence-electron chi connectivity index (χ2n) is 4.41. The van der Waals surface area contributed by atoms with Crippen molar-refractivity contribution in [1.29, 1.82) is 0 Å². The lowest BCUT2D eigenvalue weighted by atomic mass is 9.95. The lowest BCUT2D eigenvalue weighted by Gasteiger charge is -2.12. The summed E-state index contributed by atoms with van der Waals surface area (Å²) >= 11 is 0. The molecule has 100 valence electrons. The Morgan fingerprint density at radius 3 is 2.65 bits per heavy atom. The SMILES string of the molecule is O=C(O)C(c1ccc2[nH]c(=O)[nH]c2c1)c1ccccn1. The van der Waals surface area contributed by atoms with Crippen LogP contribution in [0.15, 0.2) is 47.4 Å². The Morgan fingerprint density at radius 2 is 1.95 bits per heavy atom. The minimum Gasteiger partial charge on any atom is -0.480 e. The number of nitrogens with one attached hydrogen (secondary N) is 2. The minimum atomic E-state index is -0.985. The molecule has 3 aromatic rings. The molecule has 2 aromatic heterocycles. The van der Waals surface area contributed by atoms with E-state index < -0.39 is 11.9 Å². The smallest absolute Gasteiger partial charge is 0.323 e. The highest BCUT2D eigenvalue weighted by Gasteiger charge is 2.23. The van der Waals surface area contributed by atoms with E-state index in [1.165, 1.54) is 0 Å². The third-order valence-electron chi connectivity index (χ3n) is 3.10. The van der Waals surface area contributed by atoms with Crippen molar-refractivity contribution >= 4 is 17.0 Å². The van der Waals surface area contributed by atoms with Crippen LogP contribution < -0.4 is 5.69 Å². The number of H-pyrrole nitrogens is 2. The Morgan fingerprint density at radius 1 is 1.15 bits per heavy atom. The maximum Gasteiger partial charge on any atom is 0.323 e. The molecule has 0 saturated carbocycles. The zero-order valence-corrected chi connectivity index (χ0v) is 10.3. The summed E-state index contributed by atoms with van der Waals surface area (Å²) in [4.78, 5) is 32.1. The molecule has 0 fully saturated rings. The van der Waals surface area contributed by atoms with E-state index in [0.29, 0.717) is 22.3 Å². The number of nitrogens with zero attached hydrogens (tertiary/aromatic N) is 1. The van der Waals surface area contributed by atoms with E-state index in [9.17, 15) is 14.7 Å². The quantitative estimate of drug-likeness (QED) is 0.670. The van der Waals surface area contributed by atoms with Crippen LogP contribution >= 0.6 is 0 Å². The molecule has 0 aliphatic carbocycles. The van der Waals surface area contributed by atoms with Gasteiger partial charge in [-0.15, -0.1) is 0 Å². The summed E-state index contributed by atoms with van der Waals surface area (Å²) in [5.41, 5.74) is 1.93. The maximum absolute atomic E-state index is 11.5. The van der Waals surface area contributed by atoms with E-state index in [-0.39, 0.29) is 5.69 Å². The first-order valence-electron chi connectivity index (χ1n) is 6.01. The van der Waals surface area contributed by atoms with Crippen LogP contribution in [0.3, 0.4) is 0 Å². The van der Waals surface area contributed by atoms with Gasteiger partial charge in [-0.3, -0.25) is 9.78 Å². The monoisotopic (exact) mass is 269 g/mol. The topological polar surface area (TPSA) is 98.8 Å². The van der Waals surface area contributed by atoms with Gasteiger partial charge in [0.05, 0.1) is 16.7 Å². The Bertz CT molecular complexity index is 820. The molecule has 20 heavy (non-hydrogen) atoms. The number of aliphatic carboxylic acids is 1. The number of hydrogen-bond acceptors (Lipinski definition) is 3.